The van der Waals surface area contributed by atoms with Crippen molar-refractivity contribution in [1.82, 2.24) is 20.1 Å². The van der Waals surface area contributed by atoms with Gasteiger partial charge in [0, 0.05) is 43.3 Å². The van der Waals surface area contributed by atoms with Gasteiger partial charge in [-0.25, -0.2) is 0 Å². The molecule has 0 saturated carbocycles. The van der Waals surface area contributed by atoms with E-state index in [9.17, 15) is 4.79 Å². The average molecular weight is 503 g/mol. The molecule has 0 bridgehead atoms. The number of aryl methyl sites for hydroxylation is 1. The van der Waals surface area contributed by atoms with Crippen LogP contribution in [0, 0.1) is 12.3 Å². The van der Waals surface area contributed by atoms with Crippen molar-refractivity contribution in [2.24, 2.45) is 5.41 Å². The number of amides is 1. The van der Waals surface area contributed by atoms with Gasteiger partial charge in [-0.1, -0.05) is 24.3 Å². The van der Waals surface area contributed by atoms with Gasteiger partial charge in [0.15, 0.2) is 0 Å². The Bertz CT molecular complexity index is 1180. The fourth-order valence-corrected chi connectivity index (χ4v) is 6.39. The van der Waals surface area contributed by atoms with E-state index in [1.165, 1.54) is 53.5 Å². The number of benzene rings is 2. The van der Waals surface area contributed by atoms with E-state index in [1.54, 1.807) is 0 Å². The number of likely N-dealkylation sites (tertiary alicyclic amines) is 2. The van der Waals surface area contributed by atoms with Crippen LogP contribution in [-0.2, 0) is 11.2 Å². The number of ether oxygens (including phenoxy) is 1. The molecule has 0 unspecified atom stereocenters. The normalized spacial score (nSPS) is 17.9. The van der Waals surface area contributed by atoms with Crippen molar-refractivity contribution in [2.45, 2.75) is 45.4 Å². The van der Waals surface area contributed by atoms with Gasteiger partial charge < -0.3 is 24.8 Å². The first-order chi connectivity index (χ1) is 18.0. The van der Waals surface area contributed by atoms with E-state index in [0.717, 1.165) is 57.7 Å². The molecule has 2 aliphatic rings. The van der Waals surface area contributed by atoms with Gasteiger partial charge in [-0.3, -0.25) is 4.79 Å². The third kappa shape index (κ3) is 6.19. The third-order valence-electron chi connectivity index (χ3n) is 8.45. The summed E-state index contributed by atoms with van der Waals surface area (Å²) in [5, 5.41) is 4.33. The highest BCUT2D eigenvalue weighted by molar-refractivity contribution is 5.86. The number of hydrogen-bond donors (Lipinski definition) is 2. The lowest BCUT2D eigenvalue weighted by atomic mass is 9.72. The second-order valence-electron chi connectivity index (χ2n) is 11.1. The summed E-state index contributed by atoms with van der Waals surface area (Å²) in [7, 11) is 1.84. The molecule has 1 amide bonds. The van der Waals surface area contributed by atoms with Crippen LogP contribution in [-0.4, -0.2) is 73.6 Å². The Hall–Kier alpha value is -2.83. The number of aromatic amines is 1. The summed E-state index contributed by atoms with van der Waals surface area (Å²) in [6.07, 6.45) is 8.95. The molecule has 3 heterocycles. The van der Waals surface area contributed by atoms with Gasteiger partial charge in [-0.15, -0.1) is 0 Å². The molecule has 3 aromatic rings. The summed E-state index contributed by atoms with van der Waals surface area (Å²) < 4.78 is 6.09. The molecule has 6 nitrogen and oxygen atoms in total. The maximum absolute atomic E-state index is 12.2. The zero-order valence-corrected chi connectivity index (χ0v) is 22.5. The first-order valence-corrected chi connectivity index (χ1v) is 14.0. The van der Waals surface area contributed by atoms with Crippen molar-refractivity contribution in [2.75, 3.05) is 52.9 Å². The first-order valence-electron chi connectivity index (χ1n) is 14.0. The molecule has 5 rings (SSSR count). The number of likely N-dealkylation sites (N-methyl/N-ethyl adjacent to an activating group) is 1. The predicted molar refractivity (Wildman–Crippen MR) is 150 cm³/mol. The van der Waals surface area contributed by atoms with Crippen molar-refractivity contribution in [3.8, 4) is 5.75 Å². The molecular formula is C31H42N4O2. The van der Waals surface area contributed by atoms with E-state index >= 15 is 0 Å². The molecule has 2 N–H and O–H groups in total. The van der Waals surface area contributed by atoms with Crippen LogP contribution < -0.4 is 10.1 Å². The predicted octanol–water partition coefficient (Wildman–Crippen LogP) is 4.76. The van der Waals surface area contributed by atoms with Crippen LogP contribution >= 0.6 is 0 Å². The molecule has 0 atom stereocenters. The van der Waals surface area contributed by atoms with Crippen LogP contribution in [0.5, 0.6) is 5.75 Å². The summed E-state index contributed by atoms with van der Waals surface area (Å²) in [6, 6.07) is 15.0. The lowest BCUT2D eigenvalue weighted by Gasteiger charge is -2.47. The van der Waals surface area contributed by atoms with Gasteiger partial charge in [-0.2, -0.15) is 0 Å². The standard InChI is InChI=1S/C31H42N4O2/c1-24-6-3-7-28-30(24)26(21-33-28)20-25-8-10-27(11-9-25)37-19-5-16-34-15-4-12-31(23-34)13-17-35(18-14-31)29(36)22-32-2/h3,6-11,21,32-33H,4-5,12-20,22-23H2,1-2H3. The van der Waals surface area contributed by atoms with E-state index in [1.807, 2.05) is 11.9 Å². The lowest BCUT2D eigenvalue weighted by molar-refractivity contribution is -0.133. The molecule has 2 saturated heterocycles. The Morgan fingerprint density at radius 2 is 1.89 bits per heavy atom. The van der Waals surface area contributed by atoms with Gasteiger partial charge >= 0.3 is 0 Å². The van der Waals surface area contributed by atoms with Crippen molar-refractivity contribution in [3.63, 3.8) is 0 Å². The van der Waals surface area contributed by atoms with Crippen LogP contribution in [0.2, 0.25) is 0 Å². The van der Waals surface area contributed by atoms with E-state index in [-0.39, 0.29) is 5.91 Å². The van der Waals surface area contributed by atoms with Crippen LogP contribution in [0.25, 0.3) is 10.9 Å². The Balaban J connectivity index is 1.05. The smallest absolute Gasteiger partial charge is 0.236 e. The summed E-state index contributed by atoms with van der Waals surface area (Å²) in [5.74, 6) is 1.19. The first kappa shape index (κ1) is 25.8. The molecule has 0 radical (unpaired) electrons. The van der Waals surface area contributed by atoms with E-state index < -0.39 is 0 Å². The lowest BCUT2D eigenvalue weighted by Crippen LogP contribution is -2.51. The molecule has 2 aliphatic heterocycles. The minimum Gasteiger partial charge on any atom is -0.494 e. The Kier molecular flexibility index (Phi) is 8.16. The molecule has 198 valence electrons. The topological polar surface area (TPSA) is 60.6 Å². The van der Waals surface area contributed by atoms with Crippen molar-refractivity contribution < 1.29 is 9.53 Å². The summed E-state index contributed by atoms with van der Waals surface area (Å²) >= 11 is 0. The molecule has 37 heavy (non-hydrogen) atoms. The number of nitrogens with zero attached hydrogens (tertiary/aromatic N) is 2. The largest absolute Gasteiger partial charge is 0.494 e. The minimum atomic E-state index is 0.239. The number of hydrogen-bond acceptors (Lipinski definition) is 4. The molecule has 1 aromatic heterocycles. The number of H-pyrrole nitrogens is 1. The van der Waals surface area contributed by atoms with Crippen LogP contribution in [0.4, 0.5) is 0 Å². The van der Waals surface area contributed by atoms with E-state index in [2.05, 4.69) is 70.8 Å². The van der Waals surface area contributed by atoms with E-state index in [0.29, 0.717) is 12.0 Å². The highest BCUT2D eigenvalue weighted by Crippen LogP contribution is 2.39. The highest BCUT2D eigenvalue weighted by atomic mass is 16.5. The van der Waals surface area contributed by atoms with Gasteiger partial charge in [0.1, 0.15) is 5.75 Å². The zero-order valence-electron chi connectivity index (χ0n) is 22.5. The summed E-state index contributed by atoms with van der Waals surface area (Å²) in [4.78, 5) is 20.3. The third-order valence-corrected chi connectivity index (χ3v) is 8.45. The van der Waals surface area contributed by atoms with Gasteiger partial charge in [0.05, 0.1) is 13.2 Å². The number of piperidine rings is 2. The van der Waals surface area contributed by atoms with Crippen LogP contribution in [0.3, 0.4) is 0 Å². The quantitative estimate of drug-likeness (QED) is 0.414. The second-order valence-corrected chi connectivity index (χ2v) is 11.1. The maximum atomic E-state index is 12.2. The number of fused-ring (bicyclic) bond motifs is 1. The van der Waals surface area contributed by atoms with E-state index in [4.69, 9.17) is 4.74 Å². The van der Waals surface area contributed by atoms with Gasteiger partial charge in [-0.05, 0) is 99.3 Å². The Morgan fingerprint density at radius 1 is 1.08 bits per heavy atom. The molecule has 6 heteroatoms. The number of rotatable bonds is 9. The van der Waals surface area contributed by atoms with Crippen molar-refractivity contribution in [3.05, 3.63) is 65.4 Å². The van der Waals surface area contributed by atoms with Crippen LogP contribution in [0.1, 0.15) is 48.8 Å². The average Bonchev–Trinajstić information content (AvgIpc) is 3.32. The highest BCUT2D eigenvalue weighted by Gasteiger charge is 2.38. The molecule has 0 aliphatic carbocycles. The summed E-state index contributed by atoms with van der Waals surface area (Å²) in [5.41, 5.74) is 5.57. The van der Waals surface area contributed by atoms with Crippen molar-refractivity contribution in [1.29, 1.82) is 0 Å². The van der Waals surface area contributed by atoms with Gasteiger partial charge in [0.2, 0.25) is 5.91 Å². The number of aromatic nitrogens is 1. The zero-order chi connectivity index (χ0) is 25.7. The SMILES string of the molecule is CNCC(=O)N1CCC2(CCCN(CCCOc3ccc(Cc4c[nH]c5cccc(C)c45)cc3)C2)CC1. The molecular weight excluding hydrogens is 460 g/mol. The molecule has 2 aromatic carbocycles. The fourth-order valence-electron chi connectivity index (χ4n) is 6.39. The monoisotopic (exact) mass is 502 g/mol. The van der Waals surface area contributed by atoms with Crippen LogP contribution in [0.15, 0.2) is 48.7 Å². The van der Waals surface area contributed by atoms with Crippen molar-refractivity contribution >= 4 is 16.8 Å². The fraction of sp³-hybridized carbons (Fsp3) is 0.516. The van der Waals surface area contributed by atoms with Gasteiger partial charge in [0.25, 0.3) is 0 Å². The maximum Gasteiger partial charge on any atom is 0.236 e. The second kappa shape index (κ2) is 11.7. The number of carbonyl (C=O) groups excluding carboxylic acids is 1. The Labute approximate surface area is 221 Å². The molecule has 2 fully saturated rings. The number of carbonyl (C=O) groups is 1. The Morgan fingerprint density at radius 3 is 2.68 bits per heavy atom. The number of nitrogens with one attached hydrogen (secondary N) is 2. The summed E-state index contributed by atoms with van der Waals surface area (Å²) in [6.45, 7) is 8.64. The minimum absolute atomic E-state index is 0.239. The molecule has 1 spiro atoms.